The first-order valence-electron chi connectivity index (χ1n) is 5.64. The molecule has 1 unspecified atom stereocenters. The predicted molar refractivity (Wildman–Crippen MR) is 67.8 cm³/mol. The minimum Gasteiger partial charge on any atom is -0.481 e. The topological polar surface area (TPSA) is 116 Å². The fourth-order valence-electron chi connectivity index (χ4n) is 1.59. The minimum absolute atomic E-state index is 0.0850. The molecule has 0 bridgehead atoms. The zero-order chi connectivity index (χ0) is 14.4. The number of nitrogens with zero attached hydrogens (tertiary/aromatic N) is 2. The van der Waals surface area contributed by atoms with Crippen molar-refractivity contribution in [2.24, 2.45) is 0 Å². The number of anilines is 1. The lowest BCUT2D eigenvalue weighted by molar-refractivity contribution is -0.384. The molecule has 0 radical (unpaired) electrons. The summed E-state index contributed by atoms with van der Waals surface area (Å²) in [7, 11) is 0. The van der Waals surface area contributed by atoms with Gasteiger partial charge in [0.25, 0.3) is 5.69 Å². The van der Waals surface area contributed by atoms with Gasteiger partial charge in [-0.15, -0.1) is 0 Å². The Balaban J connectivity index is 2.97. The number of aliphatic carboxylic acids is 1. The molecule has 0 amide bonds. The molecule has 0 spiro atoms. The largest absolute Gasteiger partial charge is 0.481 e. The number of benzene rings is 1. The van der Waals surface area contributed by atoms with Crippen molar-refractivity contribution in [1.82, 2.24) is 0 Å². The van der Waals surface area contributed by atoms with E-state index in [1.807, 2.05) is 13.0 Å². The lowest BCUT2D eigenvalue weighted by Gasteiger charge is -2.16. The number of carbonyl (C=O) groups is 1. The van der Waals surface area contributed by atoms with E-state index in [1.165, 1.54) is 12.1 Å². The van der Waals surface area contributed by atoms with Gasteiger partial charge < -0.3 is 10.4 Å². The zero-order valence-corrected chi connectivity index (χ0v) is 10.3. The van der Waals surface area contributed by atoms with E-state index in [0.29, 0.717) is 12.1 Å². The summed E-state index contributed by atoms with van der Waals surface area (Å²) < 4.78 is 0. The minimum atomic E-state index is -0.945. The molecule has 0 aliphatic heterocycles. The second-order valence-corrected chi connectivity index (χ2v) is 3.95. The Morgan fingerprint density at radius 2 is 2.32 bits per heavy atom. The maximum atomic E-state index is 10.7. The molecule has 1 atom stereocenters. The third kappa shape index (κ3) is 3.96. The molecule has 7 nitrogen and oxygen atoms in total. The molecular formula is C12H13N3O4. The Morgan fingerprint density at radius 3 is 2.79 bits per heavy atom. The maximum Gasteiger partial charge on any atom is 0.305 e. The summed E-state index contributed by atoms with van der Waals surface area (Å²) in [4.78, 5) is 20.7. The molecule has 0 aliphatic carbocycles. The second kappa shape index (κ2) is 6.35. The van der Waals surface area contributed by atoms with Crippen LogP contribution in [-0.4, -0.2) is 22.0 Å². The van der Waals surface area contributed by atoms with Gasteiger partial charge in [0.05, 0.1) is 22.6 Å². The summed E-state index contributed by atoms with van der Waals surface area (Å²) in [6.45, 7) is 1.82. The third-order valence-electron chi connectivity index (χ3n) is 2.61. The van der Waals surface area contributed by atoms with Crippen molar-refractivity contribution in [2.45, 2.75) is 25.8 Å². The Morgan fingerprint density at radius 1 is 1.63 bits per heavy atom. The summed E-state index contributed by atoms with van der Waals surface area (Å²) >= 11 is 0. The van der Waals surface area contributed by atoms with Gasteiger partial charge in [-0.25, -0.2) is 0 Å². The van der Waals surface area contributed by atoms with Gasteiger partial charge in [0.1, 0.15) is 6.07 Å². The Labute approximate surface area is 109 Å². The molecule has 1 aromatic carbocycles. The monoisotopic (exact) mass is 263 g/mol. The summed E-state index contributed by atoms with van der Waals surface area (Å²) in [5.41, 5.74) is 0.354. The standard InChI is InChI=1S/C12H13N3O4/c1-2-9(6-12(16)17)14-11-4-3-10(15(18)19)5-8(11)7-13/h3-5,9,14H,2,6H2,1H3,(H,16,17). The second-order valence-electron chi connectivity index (χ2n) is 3.95. The van der Waals surface area contributed by atoms with Crippen molar-refractivity contribution in [1.29, 1.82) is 5.26 Å². The number of non-ortho nitro benzene ring substituents is 1. The zero-order valence-electron chi connectivity index (χ0n) is 10.3. The SMILES string of the molecule is CCC(CC(=O)O)Nc1ccc([N+](=O)[O-])cc1C#N. The van der Waals surface area contributed by atoms with E-state index < -0.39 is 10.9 Å². The Kier molecular flexibility index (Phi) is 4.83. The highest BCUT2D eigenvalue weighted by molar-refractivity contribution is 5.69. The van der Waals surface area contributed by atoms with E-state index >= 15 is 0 Å². The van der Waals surface area contributed by atoms with Crippen LogP contribution in [0.5, 0.6) is 0 Å². The molecule has 0 heterocycles. The Bertz CT molecular complexity index is 536. The number of nitro groups is 1. The maximum absolute atomic E-state index is 10.7. The van der Waals surface area contributed by atoms with E-state index in [2.05, 4.69) is 5.32 Å². The van der Waals surface area contributed by atoms with Crippen LogP contribution in [0.1, 0.15) is 25.3 Å². The number of hydrogen-bond acceptors (Lipinski definition) is 5. The number of nitro benzene ring substituents is 1. The van der Waals surface area contributed by atoms with E-state index in [9.17, 15) is 14.9 Å². The van der Waals surface area contributed by atoms with Crippen molar-refractivity contribution in [2.75, 3.05) is 5.32 Å². The summed E-state index contributed by atoms with van der Waals surface area (Å²) in [6.07, 6.45) is 0.479. The fourth-order valence-corrected chi connectivity index (χ4v) is 1.59. The molecule has 1 rings (SSSR count). The average molecular weight is 263 g/mol. The van der Waals surface area contributed by atoms with Crippen LogP contribution in [0.15, 0.2) is 18.2 Å². The fraction of sp³-hybridized carbons (Fsp3) is 0.333. The van der Waals surface area contributed by atoms with E-state index in [4.69, 9.17) is 10.4 Å². The van der Waals surface area contributed by atoms with Crippen molar-refractivity contribution < 1.29 is 14.8 Å². The van der Waals surface area contributed by atoms with Crippen LogP contribution in [0, 0.1) is 21.4 Å². The van der Waals surface area contributed by atoms with Crippen LogP contribution in [0.25, 0.3) is 0 Å². The van der Waals surface area contributed by atoms with Crippen molar-refractivity contribution in [3.63, 3.8) is 0 Å². The molecule has 0 aliphatic rings. The van der Waals surface area contributed by atoms with Crippen molar-refractivity contribution >= 4 is 17.3 Å². The quantitative estimate of drug-likeness (QED) is 0.599. The smallest absolute Gasteiger partial charge is 0.305 e. The van der Waals surface area contributed by atoms with Gasteiger partial charge in [-0.3, -0.25) is 14.9 Å². The van der Waals surface area contributed by atoms with Crippen LogP contribution in [0.3, 0.4) is 0 Å². The molecule has 0 saturated carbocycles. The van der Waals surface area contributed by atoms with Gasteiger partial charge in [-0.1, -0.05) is 6.92 Å². The molecule has 2 N–H and O–H groups in total. The predicted octanol–water partition coefficient (Wildman–Crippen LogP) is 2.13. The number of rotatable bonds is 6. The van der Waals surface area contributed by atoms with Crippen LogP contribution < -0.4 is 5.32 Å². The highest BCUT2D eigenvalue weighted by Gasteiger charge is 2.15. The highest BCUT2D eigenvalue weighted by Crippen LogP contribution is 2.23. The molecule has 1 aromatic rings. The lowest BCUT2D eigenvalue weighted by Crippen LogP contribution is -2.22. The number of nitrogens with one attached hydrogen (secondary N) is 1. The number of carboxylic acids is 1. The van der Waals surface area contributed by atoms with Gasteiger partial charge in [-0.2, -0.15) is 5.26 Å². The van der Waals surface area contributed by atoms with Gasteiger partial charge in [0.15, 0.2) is 0 Å². The highest BCUT2D eigenvalue weighted by atomic mass is 16.6. The van der Waals surface area contributed by atoms with Crippen LogP contribution in [0.2, 0.25) is 0 Å². The van der Waals surface area contributed by atoms with Crippen LogP contribution >= 0.6 is 0 Å². The number of nitriles is 1. The molecule has 7 heteroatoms. The normalized spacial score (nSPS) is 11.4. The van der Waals surface area contributed by atoms with E-state index in [0.717, 1.165) is 6.07 Å². The van der Waals surface area contributed by atoms with Gasteiger partial charge in [0.2, 0.25) is 0 Å². The van der Waals surface area contributed by atoms with Crippen LogP contribution in [0.4, 0.5) is 11.4 Å². The van der Waals surface area contributed by atoms with Crippen LogP contribution in [-0.2, 0) is 4.79 Å². The van der Waals surface area contributed by atoms with Gasteiger partial charge in [0, 0.05) is 18.2 Å². The Hall–Kier alpha value is -2.62. The van der Waals surface area contributed by atoms with E-state index in [-0.39, 0.29) is 23.7 Å². The molecule has 100 valence electrons. The summed E-state index contributed by atoms with van der Waals surface area (Å²) in [5.74, 6) is -0.945. The first-order valence-corrected chi connectivity index (χ1v) is 5.64. The molecule has 0 fully saturated rings. The third-order valence-corrected chi connectivity index (χ3v) is 2.61. The van der Waals surface area contributed by atoms with E-state index in [1.54, 1.807) is 0 Å². The molecule has 0 saturated heterocycles. The molecule has 0 aromatic heterocycles. The summed E-state index contributed by atoms with van der Waals surface area (Å²) in [6, 6.07) is 5.39. The average Bonchev–Trinajstić information content (AvgIpc) is 2.37. The first-order chi connectivity index (χ1) is 8.97. The van der Waals surface area contributed by atoms with Gasteiger partial charge >= 0.3 is 5.97 Å². The molecule has 19 heavy (non-hydrogen) atoms. The number of carboxylic acid groups (broad SMARTS) is 1. The van der Waals surface area contributed by atoms with Crippen molar-refractivity contribution in [3.05, 3.63) is 33.9 Å². The summed E-state index contributed by atoms with van der Waals surface area (Å²) in [5, 5.41) is 31.2. The number of hydrogen-bond donors (Lipinski definition) is 2. The van der Waals surface area contributed by atoms with Crippen molar-refractivity contribution in [3.8, 4) is 6.07 Å². The molecular weight excluding hydrogens is 250 g/mol. The van der Waals surface area contributed by atoms with Gasteiger partial charge in [-0.05, 0) is 12.5 Å². The first kappa shape index (κ1) is 14.4. The lowest BCUT2D eigenvalue weighted by atomic mass is 10.1.